The van der Waals surface area contributed by atoms with E-state index in [9.17, 15) is 0 Å². The highest BCUT2D eigenvalue weighted by atomic mass is 32.1. The van der Waals surface area contributed by atoms with Crippen molar-refractivity contribution in [1.29, 1.82) is 0 Å². The van der Waals surface area contributed by atoms with Gasteiger partial charge in [0.25, 0.3) is 0 Å². The van der Waals surface area contributed by atoms with Gasteiger partial charge in [-0.25, -0.2) is 4.98 Å². The lowest BCUT2D eigenvalue weighted by molar-refractivity contribution is 0.706. The monoisotopic (exact) mass is 196 g/mol. The van der Waals surface area contributed by atoms with Crippen LogP contribution in [-0.2, 0) is 19.4 Å². The summed E-state index contributed by atoms with van der Waals surface area (Å²) in [7, 11) is 1.98. The number of rotatable bonds is 2. The summed E-state index contributed by atoms with van der Waals surface area (Å²) in [5.41, 5.74) is 1.38. The molecule has 0 unspecified atom stereocenters. The molecule has 3 heteroatoms. The molecule has 0 saturated carbocycles. The maximum absolute atomic E-state index is 4.66. The second-order valence-corrected chi connectivity index (χ2v) is 4.74. The zero-order chi connectivity index (χ0) is 9.10. The zero-order valence-corrected chi connectivity index (χ0v) is 8.91. The maximum Gasteiger partial charge on any atom is 0.107 e. The predicted molar refractivity (Wildman–Crippen MR) is 56.1 cm³/mol. The van der Waals surface area contributed by atoms with E-state index in [4.69, 9.17) is 0 Å². The number of hydrogen-bond donors (Lipinski definition) is 1. The average Bonchev–Trinajstić information content (AvgIpc) is 2.37. The van der Waals surface area contributed by atoms with Crippen LogP contribution in [0.4, 0.5) is 0 Å². The van der Waals surface area contributed by atoms with Crippen molar-refractivity contribution in [3.63, 3.8) is 0 Å². The first kappa shape index (κ1) is 9.16. The number of nitrogens with zero attached hydrogens (tertiary/aromatic N) is 1. The minimum atomic E-state index is 0.928. The van der Waals surface area contributed by atoms with Gasteiger partial charge >= 0.3 is 0 Å². The molecule has 0 aromatic carbocycles. The first-order chi connectivity index (χ1) is 6.40. The Balaban J connectivity index is 2.17. The summed E-state index contributed by atoms with van der Waals surface area (Å²) in [6.07, 6.45) is 6.53. The van der Waals surface area contributed by atoms with Crippen molar-refractivity contribution in [2.75, 3.05) is 7.05 Å². The highest BCUT2D eigenvalue weighted by molar-refractivity contribution is 7.11. The van der Waals surface area contributed by atoms with Crippen LogP contribution in [0, 0.1) is 0 Å². The molecule has 0 atom stereocenters. The molecule has 1 aromatic heterocycles. The Hall–Kier alpha value is -0.410. The molecule has 1 aliphatic rings. The van der Waals surface area contributed by atoms with Crippen LogP contribution in [0.3, 0.4) is 0 Å². The minimum Gasteiger partial charge on any atom is -0.314 e. The second kappa shape index (κ2) is 4.20. The normalized spacial score (nSPS) is 16.7. The van der Waals surface area contributed by atoms with Gasteiger partial charge < -0.3 is 5.32 Å². The standard InChI is InChI=1S/C10H16N2S/c1-11-7-10-12-8-5-3-2-4-6-9(8)13-10/h11H,2-7H2,1H3. The van der Waals surface area contributed by atoms with Gasteiger partial charge in [0, 0.05) is 11.4 Å². The fraction of sp³-hybridized carbons (Fsp3) is 0.700. The molecule has 1 aliphatic carbocycles. The molecular formula is C10H16N2S. The van der Waals surface area contributed by atoms with Crippen molar-refractivity contribution in [2.24, 2.45) is 0 Å². The summed E-state index contributed by atoms with van der Waals surface area (Å²) < 4.78 is 0. The van der Waals surface area contributed by atoms with Gasteiger partial charge in [-0.3, -0.25) is 0 Å². The molecule has 0 bridgehead atoms. The lowest BCUT2D eigenvalue weighted by atomic mass is 10.2. The van der Waals surface area contributed by atoms with Crippen LogP contribution >= 0.6 is 11.3 Å². The molecule has 1 aromatic rings. The SMILES string of the molecule is CNCc1nc2c(s1)CCCCC2. The van der Waals surface area contributed by atoms with Gasteiger partial charge in [-0.15, -0.1) is 11.3 Å². The van der Waals surface area contributed by atoms with Crippen molar-refractivity contribution >= 4 is 11.3 Å². The molecule has 0 radical (unpaired) electrons. The lowest BCUT2D eigenvalue weighted by Crippen LogP contribution is -2.04. The molecule has 0 aliphatic heterocycles. The van der Waals surface area contributed by atoms with Crippen LogP contribution in [-0.4, -0.2) is 12.0 Å². The summed E-state index contributed by atoms with van der Waals surface area (Å²) >= 11 is 1.90. The summed E-state index contributed by atoms with van der Waals surface area (Å²) in [5, 5.41) is 4.42. The van der Waals surface area contributed by atoms with E-state index in [-0.39, 0.29) is 0 Å². The van der Waals surface area contributed by atoms with Crippen LogP contribution in [0.25, 0.3) is 0 Å². The molecular weight excluding hydrogens is 180 g/mol. The molecule has 13 heavy (non-hydrogen) atoms. The molecule has 2 nitrogen and oxygen atoms in total. The molecule has 0 amide bonds. The molecule has 2 rings (SSSR count). The summed E-state index contributed by atoms with van der Waals surface area (Å²) in [5.74, 6) is 0. The van der Waals surface area contributed by atoms with Crippen molar-refractivity contribution in [2.45, 2.75) is 38.6 Å². The number of aromatic nitrogens is 1. The third-order valence-electron chi connectivity index (χ3n) is 2.47. The fourth-order valence-electron chi connectivity index (χ4n) is 1.81. The highest BCUT2D eigenvalue weighted by Crippen LogP contribution is 2.25. The van der Waals surface area contributed by atoms with E-state index < -0.39 is 0 Å². The highest BCUT2D eigenvalue weighted by Gasteiger charge is 2.12. The predicted octanol–water partition coefficient (Wildman–Crippen LogP) is 2.13. The Morgan fingerprint density at radius 2 is 2.15 bits per heavy atom. The van der Waals surface area contributed by atoms with Crippen LogP contribution in [0.15, 0.2) is 0 Å². The second-order valence-electron chi connectivity index (χ2n) is 3.57. The largest absolute Gasteiger partial charge is 0.314 e. The Labute approximate surface area is 83.4 Å². The Morgan fingerprint density at radius 3 is 3.00 bits per heavy atom. The summed E-state index contributed by atoms with van der Waals surface area (Å²) in [6, 6.07) is 0. The topological polar surface area (TPSA) is 24.9 Å². The van der Waals surface area contributed by atoms with Gasteiger partial charge in [-0.2, -0.15) is 0 Å². The average molecular weight is 196 g/mol. The lowest BCUT2D eigenvalue weighted by Gasteiger charge is -1.93. The molecule has 72 valence electrons. The molecule has 0 fully saturated rings. The van der Waals surface area contributed by atoms with Crippen LogP contribution in [0.5, 0.6) is 0 Å². The quantitative estimate of drug-likeness (QED) is 0.733. The third kappa shape index (κ3) is 2.09. The van der Waals surface area contributed by atoms with E-state index in [2.05, 4.69) is 10.3 Å². The van der Waals surface area contributed by atoms with Gasteiger partial charge in [0.05, 0.1) is 5.69 Å². The van der Waals surface area contributed by atoms with E-state index >= 15 is 0 Å². The molecule has 1 heterocycles. The van der Waals surface area contributed by atoms with E-state index in [0.29, 0.717) is 0 Å². The van der Waals surface area contributed by atoms with Crippen molar-refractivity contribution < 1.29 is 0 Å². The number of fused-ring (bicyclic) bond motifs is 1. The van der Waals surface area contributed by atoms with Gasteiger partial charge in [-0.05, 0) is 32.7 Å². The van der Waals surface area contributed by atoms with Crippen molar-refractivity contribution in [3.8, 4) is 0 Å². The van der Waals surface area contributed by atoms with Gasteiger partial charge in [0.15, 0.2) is 0 Å². The smallest absolute Gasteiger partial charge is 0.107 e. The first-order valence-corrected chi connectivity index (χ1v) is 5.84. The van der Waals surface area contributed by atoms with E-state index in [0.717, 1.165) is 6.54 Å². The Morgan fingerprint density at radius 1 is 1.31 bits per heavy atom. The number of nitrogens with one attached hydrogen (secondary N) is 1. The van der Waals surface area contributed by atoms with Crippen LogP contribution in [0.2, 0.25) is 0 Å². The van der Waals surface area contributed by atoms with Crippen LogP contribution in [0.1, 0.15) is 34.8 Å². The third-order valence-corrected chi connectivity index (χ3v) is 3.63. The van der Waals surface area contributed by atoms with E-state index in [1.165, 1.54) is 42.8 Å². The van der Waals surface area contributed by atoms with E-state index in [1.807, 2.05) is 18.4 Å². The maximum atomic E-state index is 4.66. The van der Waals surface area contributed by atoms with Crippen molar-refractivity contribution in [3.05, 3.63) is 15.6 Å². The van der Waals surface area contributed by atoms with Crippen molar-refractivity contribution in [1.82, 2.24) is 10.3 Å². The minimum absolute atomic E-state index is 0.928. The number of aryl methyl sites for hydroxylation is 2. The summed E-state index contributed by atoms with van der Waals surface area (Å²) in [4.78, 5) is 6.20. The zero-order valence-electron chi connectivity index (χ0n) is 8.10. The summed E-state index contributed by atoms with van der Waals surface area (Å²) in [6.45, 7) is 0.928. The molecule has 0 saturated heterocycles. The van der Waals surface area contributed by atoms with Crippen LogP contribution < -0.4 is 5.32 Å². The van der Waals surface area contributed by atoms with Gasteiger partial charge in [0.1, 0.15) is 5.01 Å². The van der Waals surface area contributed by atoms with E-state index in [1.54, 1.807) is 4.88 Å². The first-order valence-electron chi connectivity index (χ1n) is 5.02. The number of thiazole rings is 1. The van der Waals surface area contributed by atoms with Gasteiger partial charge in [-0.1, -0.05) is 6.42 Å². The Bertz CT molecular complexity index is 257. The molecule has 1 N–H and O–H groups in total. The fourth-order valence-corrected chi connectivity index (χ4v) is 2.98. The molecule has 0 spiro atoms. The van der Waals surface area contributed by atoms with Gasteiger partial charge in [0.2, 0.25) is 0 Å². The Kier molecular flexibility index (Phi) is 2.96. The number of hydrogen-bond acceptors (Lipinski definition) is 3.